The maximum atomic E-state index is 2.45. The first-order valence-corrected chi connectivity index (χ1v) is 10.8. The quantitative estimate of drug-likeness (QED) is 0.613. The third-order valence-electron chi connectivity index (χ3n) is 4.79. The average Bonchev–Trinajstić information content (AvgIpc) is 2.64. The third kappa shape index (κ3) is 2.44. The molecule has 1 heteroatoms. The Balaban J connectivity index is 2.46. The van der Waals surface area contributed by atoms with Gasteiger partial charge in [-0.15, -0.1) is 0 Å². The van der Waals surface area contributed by atoms with Gasteiger partial charge in [-0.1, -0.05) is 0 Å². The van der Waals surface area contributed by atoms with Crippen LogP contribution in [-0.4, -0.2) is 6.66 Å². The Hall–Kier alpha value is -2.17. The molecule has 0 saturated heterocycles. The molecule has 0 atom stereocenters. The van der Waals surface area contributed by atoms with Gasteiger partial charge in [0.2, 0.25) is 0 Å². The molecule has 0 N–H and O–H groups in total. The van der Waals surface area contributed by atoms with Gasteiger partial charge in [0.1, 0.15) is 0 Å². The first-order valence-electron chi connectivity index (χ1n) is 8.02. The zero-order chi connectivity index (χ0) is 16.2. The molecule has 0 bridgehead atoms. The van der Waals surface area contributed by atoms with Crippen LogP contribution in [0.2, 0.25) is 0 Å². The van der Waals surface area contributed by atoms with Crippen molar-refractivity contribution >= 4 is 22.5 Å². The van der Waals surface area contributed by atoms with Crippen LogP contribution in [0.15, 0.2) is 103 Å². The molecule has 23 heavy (non-hydrogen) atoms. The van der Waals surface area contributed by atoms with Crippen molar-refractivity contribution in [1.82, 2.24) is 0 Å². The summed E-state index contributed by atoms with van der Waals surface area (Å²) in [5.41, 5.74) is 0. The SMILES string of the molecule is C/C=C/P(C)(c1ccccc1)(c1ccccc1)c1ccccc1. The number of benzene rings is 3. The van der Waals surface area contributed by atoms with E-state index in [9.17, 15) is 0 Å². The molecule has 0 aliphatic heterocycles. The minimum atomic E-state index is -2.61. The van der Waals surface area contributed by atoms with E-state index in [2.05, 4.69) is 116 Å². The second-order valence-corrected chi connectivity index (χ2v) is 11.3. The van der Waals surface area contributed by atoms with Gasteiger partial charge >= 0.3 is 139 Å². The van der Waals surface area contributed by atoms with Gasteiger partial charge in [-0.3, -0.25) is 0 Å². The molecule has 116 valence electrons. The average molecular weight is 318 g/mol. The molecule has 3 rings (SSSR count). The topological polar surface area (TPSA) is 0 Å². The monoisotopic (exact) mass is 318 g/mol. The molecule has 0 heterocycles. The summed E-state index contributed by atoms with van der Waals surface area (Å²) in [6, 6.07) is 32.8. The van der Waals surface area contributed by atoms with Gasteiger partial charge in [-0.25, -0.2) is 0 Å². The van der Waals surface area contributed by atoms with E-state index in [0.717, 1.165) is 0 Å². The molecule has 3 aromatic carbocycles. The van der Waals surface area contributed by atoms with Crippen LogP contribution in [0.5, 0.6) is 0 Å². The van der Waals surface area contributed by atoms with Crippen LogP contribution >= 0.6 is 6.60 Å². The van der Waals surface area contributed by atoms with E-state index in [-0.39, 0.29) is 0 Å². The number of allylic oxidation sites excluding steroid dienone is 1. The van der Waals surface area contributed by atoms with E-state index in [1.807, 2.05) is 0 Å². The Morgan fingerprint density at radius 2 is 0.870 bits per heavy atom. The van der Waals surface area contributed by atoms with E-state index in [1.54, 1.807) is 0 Å². The predicted octanol–water partition coefficient (Wildman–Crippen LogP) is 4.68. The Labute approximate surface area is 139 Å². The van der Waals surface area contributed by atoms with Crippen LogP contribution in [0.1, 0.15) is 6.92 Å². The van der Waals surface area contributed by atoms with Crippen LogP contribution in [0, 0.1) is 0 Å². The van der Waals surface area contributed by atoms with Crippen LogP contribution in [0.3, 0.4) is 0 Å². The van der Waals surface area contributed by atoms with Crippen LogP contribution in [-0.2, 0) is 0 Å². The Morgan fingerprint density at radius 3 is 1.13 bits per heavy atom. The normalized spacial score (nSPS) is 13.6. The van der Waals surface area contributed by atoms with Crippen LogP contribution in [0.4, 0.5) is 0 Å². The van der Waals surface area contributed by atoms with Gasteiger partial charge in [0.15, 0.2) is 0 Å². The molecule has 0 saturated carbocycles. The summed E-state index contributed by atoms with van der Waals surface area (Å²) in [5.74, 6) is 2.45. The Kier molecular flexibility index (Phi) is 4.20. The molecular formula is C22H23P. The van der Waals surface area contributed by atoms with Crippen molar-refractivity contribution in [2.45, 2.75) is 6.92 Å². The Bertz CT molecular complexity index is 690. The van der Waals surface area contributed by atoms with Gasteiger partial charge in [0.25, 0.3) is 0 Å². The summed E-state index contributed by atoms with van der Waals surface area (Å²) >= 11 is 0. The van der Waals surface area contributed by atoms with Gasteiger partial charge in [0.05, 0.1) is 0 Å². The van der Waals surface area contributed by atoms with Gasteiger partial charge in [-0.2, -0.15) is 0 Å². The first-order chi connectivity index (χ1) is 11.2. The molecule has 0 aliphatic rings. The summed E-state index contributed by atoms with van der Waals surface area (Å²) in [7, 11) is 0. The summed E-state index contributed by atoms with van der Waals surface area (Å²) < 4.78 is 0. The summed E-state index contributed by atoms with van der Waals surface area (Å²) in [4.78, 5) is 0. The van der Waals surface area contributed by atoms with E-state index in [4.69, 9.17) is 0 Å². The maximum absolute atomic E-state index is 2.61. The molecule has 0 radical (unpaired) electrons. The van der Waals surface area contributed by atoms with Crippen molar-refractivity contribution in [3.8, 4) is 0 Å². The first kappa shape index (κ1) is 15.7. The molecular weight excluding hydrogens is 295 g/mol. The molecule has 0 unspecified atom stereocenters. The summed E-state index contributed by atoms with van der Waals surface area (Å²) in [6.45, 7) is 1.96. The van der Waals surface area contributed by atoms with E-state index in [0.29, 0.717) is 0 Å². The predicted molar refractivity (Wildman–Crippen MR) is 106 cm³/mol. The van der Waals surface area contributed by atoms with E-state index >= 15 is 0 Å². The molecule has 0 nitrogen and oxygen atoms in total. The van der Waals surface area contributed by atoms with Crippen molar-refractivity contribution in [1.29, 1.82) is 0 Å². The van der Waals surface area contributed by atoms with E-state index < -0.39 is 6.60 Å². The number of rotatable bonds is 4. The fourth-order valence-corrected chi connectivity index (χ4v) is 8.49. The van der Waals surface area contributed by atoms with E-state index in [1.165, 1.54) is 15.9 Å². The fraction of sp³-hybridized carbons (Fsp3) is 0.0909. The standard InChI is InChI=1S/C22H23P/c1-3-19-23(2,20-13-7-4-8-14-20,21-15-9-5-10-16-21)22-17-11-6-12-18-22/h3-19H,1-2H3/b19-3+. The summed E-state index contributed by atoms with van der Waals surface area (Å²) in [6.07, 6.45) is 2.21. The van der Waals surface area contributed by atoms with Gasteiger partial charge in [-0.05, 0) is 0 Å². The van der Waals surface area contributed by atoms with Crippen LogP contribution < -0.4 is 15.9 Å². The molecule has 0 spiro atoms. The van der Waals surface area contributed by atoms with Crippen molar-refractivity contribution in [2.24, 2.45) is 0 Å². The zero-order valence-electron chi connectivity index (χ0n) is 13.8. The second-order valence-electron chi connectivity index (χ2n) is 6.14. The third-order valence-corrected chi connectivity index (χ3v) is 10.7. The summed E-state index contributed by atoms with van der Waals surface area (Å²) in [5, 5.41) is 4.19. The molecule has 0 fully saturated rings. The van der Waals surface area contributed by atoms with Crippen LogP contribution in [0.25, 0.3) is 0 Å². The number of hydrogen-bond donors (Lipinski definition) is 0. The Morgan fingerprint density at radius 1 is 0.565 bits per heavy atom. The van der Waals surface area contributed by atoms with Crippen molar-refractivity contribution < 1.29 is 0 Å². The van der Waals surface area contributed by atoms with Crippen molar-refractivity contribution in [3.63, 3.8) is 0 Å². The molecule has 0 amide bonds. The van der Waals surface area contributed by atoms with Crippen molar-refractivity contribution in [2.75, 3.05) is 6.66 Å². The zero-order valence-corrected chi connectivity index (χ0v) is 14.7. The molecule has 3 aromatic rings. The van der Waals surface area contributed by atoms with Crippen molar-refractivity contribution in [3.05, 3.63) is 103 Å². The fourth-order valence-electron chi connectivity index (χ4n) is 3.51. The van der Waals surface area contributed by atoms with Gasteiger partial charge in [0, 0.05) is 0 Å². The minimum absolute atomic E-state index is 1.40. The second kappa shape index (κ2) is 6.14. The van der Waals surface area contributed by atoms with Gasteiger partial charge < -0.3 is 0 Å². The molecule has 0 aliphatic carbocycles. The number of hydrogen-bond acceptors (Lipinski definition) is 0. The molecule has 0 aromatic heterocycles.